The van der Waals surface area contributed by atoms with Crippen molar-refractivity contribution < 1.29 is 0 Å². The van der Waals surface area contributed by atoms with Crippen LogP contribution in [0.4, 0.5) is 0 Å². The van der Waals surface area contributed by atoms with E-state index >= 15 is 0 Å². The molecule has 0 aliphatic carbocycles. The molecule has 1 unspecified atom stereocenters. The molecule has 0 saturated carbocycles. The van der Waals surface area contributed by atoms with Crippen LogP contribution in [0, 0.1) is 6.92 Å². The summed E-state index contributed by atoms with van der Waals surface area (Å²) in [5.41, 5.74) is 10.4. The molecule has 19 heavy (non-hydrogen) atoms. The van der Waals surface area contributed by atoms with Crippen LogP contribution >= 0.6 is 0 Å². The molecule has 3 heteroatoms. The van der Waals surface area contributed by atoms with Crippen LogP contribution in [0.3, 0.4) is 0 Å². The van der Waals surface area contributed by atoms with Gasteiger partial charge in [0.15, 0.2) is 0 Å². The molecular weight excluding hydrogens is 234 g/mol. The molecular formula is C16H15N3. The lowest BCUT2D eigenvalue weighted by atomic mass is 9.97. The zero-order valence-corrected chi connectivity index (χ0v) is 10.7. The summed E-state index contributed by atoms with van der Waals surface area (Å²) in [4.78, 5) is 8.66. The second-order valence-electron chi connectivity index (χ2n) is 4.61. The van der Waals surface area contributed by atoms with Gasteiger partial charge in [0.2, 0.25) is 0 Å². The maximum atomic E-state index is 6.34. The van der Waals surface area contributed by atoms with Gasteiger partial charge in [-0.1, -0.05) is 24.3 Å². The Balaban J connectivity index is 2.07. The summed E-state index contributed by atoms with van der Waals surface area (Å²) in [6, 6.07) is 13.9. The first-order valence-electron chi connectivity index (χ1n) is 6.27. The number of nitrogens with zero attached hydrogens (tertiary/aromatic N) is 2. The SMILES string of the molecule is Cc1ncccc1C(N)c1ccc2cccnc2c1. The van der Waals surface area contributed by atoms with E-state index in [1.807, 2.05) is 37.3 Å². The topological polar surface area (TPSA) is 51.8 Å². The maximum Gasteiger partial charge on any atom is 0.0705 e. The van der Waals surface area contributed by atoms with E-state index < -0.39 is 0 Å². The number of pyridine rings is 2. The van der Waals surface area contributed by atoms with Crippen molar-refractivity contribution in [2.75, 3.05) is 0 Å². The zero-order valence-electron chi connectivity index (χ0n) is 10.7. The third-order valence-corrected chi connectivity index (χ3v) is 3.37. The van der Waals surface area contributed by atoms with E-state index in [1.165, 1.54) is 0 Å². The number of benzene rings is 1. The van der Waals surface area contributed by atoms with E-state index in [9.17, 15) is 0 Å². The fourth-order valence-corrected chi connectivity index (χ4v) is 2.28. The minimum atomic E-state index is -0.167. The molecule has 0 radical (unpaired) electrons. The van der Waals surface area contributed by atoms with Crippen molar-refractivity contribution in [3.63, 3.8) is 0 Å². The van der Waals surface area contributed by atoms with Gasteiger partial charge in [-0.2, -0.15) is 0 Å². The number of nitrogens with two attached hydrogens (primary N) is 1. The van der Waals surface area contributed by atoms with Crippen molar-refractivity contribution in [2.24, 2.45) is 5.73 Å². The van der Waals surface area contributed by atoms with Crippen LogP contribution < -0.4 is 5.73 Å². The highest BCUT2D eigenvalue weighted by atomic mass is 14.7. The van der Waals surface area contributed by atoms with Crippen molar-refractivity contribution in [3.8, 4) is 0 Å². The Morgan fingerprint density at radius 3 is 2.63 bits per heavy atom. The Hall–Kier alpha value is -2.26. The quantitative estimate of drug-likeness (QED) is 0.759. The summed E-state index contributed by atoms with van der Waals surface area (Å²) in [5.74, 6) is 0. The Morgan fingerprint density at radius 1 is 1.00 bits per heavy atom. The predicted molar refractivity (Wildman–Crippen MR) is 76.7 cm³/mol. The summed E-state index contributed by atoms with van der Waals surface area (Å²) in [5, 5.41) is 1.13. The van der Waals surface area contributed by atoms with Crippen molar-refractivity contribution in [3.05, 3.63) is 71.7 Å². The first kappa shape index (κ1) is 11.8. The van der Waals surface area contributed by atoms with Gasteiger partial charge < -0.3 is 5.73 Å². The minimum absolute atomic E-state index is 0.167. The number of fused-ring (bicyclic) bond motifs is 1. The van der Waals surface area contributed by atoms with E-state index in [4.69, 9.17) is 5.73 Å². The molecule has 0 amide bonds. The Kier molecular flexibility index (Phi) is 2.97. The van der Waals surface area contributed by atoms with Crippen LogP contribution in [-0.4, -0.2) is 9.97 Å². The average Bonchev–Trinajstić information content (AvgIpc) is 2.46. The van der Waals surface area contributed by atoms with Gasteiger partial charge in [0.05, 0.1) is 11.6 Å². The fraction of sp³-hybridized carbons (Fsp3) is 0.125. The van der Waals surface area contributed by atoms with Crippen molar-refractivity contribution in [1.82, 2.24) is 9.97 Å². The van der Waals surface area contributed by atoms with Crippen LogP contribution in [-0.2, 0) is 0 Å². The molecule has 0 bridgehead atoms. The second kappa shape index (κ2) is 4.78. The lowest BCUT2D eigenvalue weighted by molar-refractivity contribution is 0.849. The first-order valence-corrected chi connectivity index (χ1v) is 6.27. The maximum absolute atomic E-state index is 6.34. The van der Waals surface area contributed by atoms with Crippen LogP contribution in [0.5, 0.6) is 0 Å². The Morgan fingerprint density at radius 2 is 1.79 bits per heavy atom. The highest BCUT2D eigenvalue weighted by Gasteiger charge is 2.12. The van der Waals surface area contributed by atoms with Crippen molar-refractivity contribution >= 4 is 10.9 Å². The van der Waals surface area contributed by atoms with Crippen molar-refractivity contribution in [2.45, 2.75) is 13.0 Å². The van der Waals surface area contributed by atoms with Crippen LogP contribution in [0.15, 0.2) is 54.9 Å². The Labute approximate surface area is 112 Å². The molecule has 2 heterocycles. The second-order valence-corrected chi connectivity index (χ2v) is 4.61. The minimum Gasteiger partial charge on any atom is -0.320 e. The molecule has 1 atom stereocenters. The summed E-state index contributed by atoms with van der Waals surface area (Å²) < 4.78 is 0. The summed E-state index contributed by atoms with van der Waals surface area (Å²) >= 11 is 0. The lowest BCUT2D eigenvalue weighted by Gasteiger charge is -2.14. The molecule has 2 N–H and O–H groups in total. The molecule has 0 aliphatic heterocycles. The third kappa shape index (κ3) is 2.20. The number of hydrogen-bond acceptors (Lipinski definition) is 3. The van der Waals surface area contributed by atoms with Gasteiger partial charge in [0.1, 0.15) is 0 Å². The molecule has 94 valence electrons. The summed E-state index contributed by atoms with van der Waals surface area (Å²) in [6.07, 6.45) is 3.58. The van der Waals surface area contributed by atoms with Crippen LogP contribution in [0.2, 0.25) is 0 Å². The molecule has 3 aromatic rings. The monoisotopic (exact) mass is 249 g/mol. The van der Waals surface area contributed by atoms with E-state index in [0.717, 1.165) is 27.7 Å². The molecule has 3 rings (SSSR count). The van der Waals surface area contributed by atoms with E-state index in [0.29, 0.717) is 0 Å². The van der Waals surface area contributed by atoms with E-state index in [1.54, 1.807) is 12.4 Å². The van der Waals surface area contributed by atoms with Gasteiger partial charge in [-0.3, -0.25) is 9.97 Å². The summed E-state index contributed by atoms with van der Waals surface area (Å²) in [7, 11) is 0. The molecule has 2 aromatic heterocycles. The molecule has 0 fully saturated rings. The molecule has 1 aromatic carbocycles. The van der Waals surface area contributed by atoms with Crippen molar-refractivity contribution in [1.29, 1.82) is 0 Å². The number of aryl methyl sites for hydroxylation is 1. The molecule has 0 aliphatic rings. The number of aromatic nitrogens is 2. The third-order valence-electron chi connectivity index (χ3n) is 3.37. The van der Waals surface area contributed by atoms with Crippen LogP contribution in [0.25, 0.3) is 10.9 Å². The number of hydrogen-bond donors (Lipinski definition) is 1. The molecule has 0 saturated heterocycles. The zero-order chi connectivity index (χ0) is 13.2. The highest BCUT2D eigenvalue weighted by Crippen LogP contribution is 2.24. The lowest BCUT2D eigenvalue weighted by Crippen LogP contribution is -2.13. The highest BCUT2D eigenvalue weighted by molar-refractivity contribution is 5.79. The Bertz CT molecular complexity index is 722. The smallest absolute Gasteiger partial charge is 0.0705 e. The van der Waals surface area contributed by atoms with Gasteiger partial charge in [-0.05, 0) is 36.2 Å². The molecule has 0 spiro atoms. The van der Waals surface area contributed by atoms with Gasteiger partial charge in [0.25, 0.3) is 0 Å². The standard InChI is InChI=1S/C16H15N3/c1-11-14(5-3-8-18-11)16(17)13-7-6-12-4-2-9-19-15(12)10-13/h2-10,16H,17H2,1H3. The van der Waals surface area contributed by atoms with E-state index in [2.05, 4.69) is 22.1 Å². The number of rotatable bonds is 2. The largest absolute Gasteiger partial charge is 0.320 e. The fourth-order valence-electron chi connectivity index (χ4n) is 2.28. The van der Waals surface area contributed by atoms with Gasteiger partial charge >= 0.3 is 0 Å². The van der Waals surface area contributed by atoms with E-state index in [-0.39, 0.29) is 6.04 Å². The average molecular weight is 249 g/mol. The van der Waals surface area contributed by atoms with Gasteiger partial charge in [0, 0.05) is 23.5 Å². The van der Waals surface area contributed by atoms with Gasteiger partial charge in [-0.25, -0.2) is 0 Å². The molecule has 3 nitrogen and oxygen atoms in total. The van der Waals surface area contributed by atoms with Crippen LogP contribution in [0.1, 0.15) is 22.9 Å². The first-order chi connectivity index (χ1) is 9.25. The normalized spacial score (nSPS) is 12.5. The summed E-state index contributed by atoms with van der Waals surface area (Å²) in [6.45, 7) is 1.98. The van der Waals surface area contributed by atoms with Gasteiger partial charge in [-0.15, -0.1) is 0 Å². The predicted octanol–water partition coefficient (Wildman–Crippen LogP) is 2.99.